The molecule has 0 saturated heterocycles. The van der Waals surface area contributed by atoms with Gasteiger partial charge in [-0.25, -0.2) is 18.5 Å². The molecular formula is C8H7F6N3O3S. The van der Waals surface area contributed by atoms with E-state index in [0.29, 0.717) is 0 Å². The monoisotopic (exact) mass is 339 g/mol. The molecular weight excluding hydrogens is 332 g/mol. The highest BCUT2D eigenvalue weighted by Gasteiger charge is 2.42. The molecule has 0 spiro atoms. The van der Waals surface area contributed by atoms with E-state index in [1.807, 2.05) is 0 Å². The summed E-state index contributed by atoms with van der Waals surface area (Å²) in [6.07, 6.45) is -10.5. The van der Waals surface area contributed by atoms with Gasteiger partial charge in [0, 0.05) is 12.1 Å². The fourth-order valence-electron chi connectivity index (χ4n) is 1.43. The first-order valence-corrected chi connectivity index (χ1v) is 6.39. The number of halogens is 6. The molecule has 0 aliphatic heterocycles. The van der Waals surface area contributed by atoms with Crippen LogP contribution in [-0.4, -0.2) is 19.8 Å². The lowest BCUT2D eigenvalue weighted by Crippen LogP contribution is -2.26. The SMILES string of the molecule is NCc1c(OC(F)(F)F)cnc(C(F)(F)F)c1S(N)(=O)=O. The Morgan fingerprint density at radius 3 is 2.05 bits per heavy atom. The molecule has 0 saturated carbocycles. The van der Waals surface area contributed by atoms with E-state index in [1.165, 1.54) is 0 Å². The Morgan fingerprint density at radius 2 is 1.71 bits per heavy atom. The molecule has 0 fully saturated rings. The standard InChI is InChI=1S/C8H7F6N3O3S/c9-7(10,11)6-5(21(16,18)19)3(1-15)4(2-17-6)20-8(12,13)14/h2H,1,15H2,(H2,16,18,19). The predicted molar refractivity (Wildman–Crippen MR) is 55.2 cm³/mol. The third-order valence-corrected chi connectivity index (χ3v) is 3.09. The van der Waals surface area contributed by atoms with Crippen molar-refractivity contribution in [3.05, 3.63) is 17.5 Å². The molecule has 0 bridgehead atoms. The lowest BCUT2D eigenvalue weighted by molar-refractivity contribution is -0.275. The summed E-state index contributed by atoms with van der Waals surface area (Å²) in [5.41, 5.74) is 1.97. The van der Waals surface area contributed by atoms with Crippen LogP contribution >= 0.6 is 0 Å². The van der Waals surface area contributed by atoms with Crippen molar-refractivity contribution in [1.82, 2.24) is 4.98 Å². The quantitative estimate of drug-likeness (QED) is 0.802. The van der Waals surface area contributed by atoms with Crippen LogP contribution in [0.2, 0.25) is 0 Å². The average molecular weight is 339 g/mol. The average Bonchev–Trinajstić information content (AvgIpc) is 2.23. The summed E-state index contributed by atoms with van der Waals surface area (Å²) in [7, 11) is -5.05. The van der Waals surface area contributed by atoms with Crippen LogP contribution in [0.1, 0.15) is 11.3 Å². The molecule has 0 aliphatic rings. The second-order valence-electron chi connectivity index (χ2n) is 3.57. The minimum Gasteiger partial charge on any atom is -0.404 e. The third kappa shape index (κ3) is 4.18. The molecule has 0 unspecified atom stereocenters. The van der Waals surface area contributed by atoms with Gasteiger partial charge in [-0.05, 0) is 0 Å². The number of aromatic nitrogens is 1. The zero-order valence-corrected chi connectivity index (χ0v) is 10.6. The Hall–Kier alpha value is -1.60. The molecule has 0 atom stereocenters. The highest BCUT2D eigenvalue weighted by Crippen LogP contribution is 2.38. The maximum absolute atomic E-state index is 12.7. The molecule has 0 aliphatic carbocycles. The summed E-state index contributed by atoms with van der Waals surface area (Å²) in [6.45, 7) is -0.997. The molecule has 1 aromatic rings. The van der Waals surface area contributed by atoms with Gasteiger partial charge in [0.25, 0.3) is 0 Å². The van der Waals surface area contributed by atoms with Crippen molar-refractivity contribution in [2.45, 2.75) is 24.0 Å². The molecule has 0 amide bonds. The molecule has 1 aromatic heterocycles. The number of alkyl halides is 6. The Bertz CT molecular complexity index is 640. The Kier molecular flexibility index (Phi) is 4.41. The molecule has 0 aromatic carbocycles. The lowest BCUT2D eigenvalue weighted by Gasteiger charge is -2.18. The van der Waals surface area contributed by atoms with Gasteiger partial charge in [0.15, 0.2) is 11.4 Å². The molecule has 0 radical (unpaired) electrons. The topological polar surface area (TPSA) is 108 Å². The number of hydrogen-bond donors (Lipinski definition) is 2. The second kappa shape index (κ2) is 5.31. The minimum absolute atomic E-state index is 0.0766. The van der Waals surface area contributed by atoms with E-state index in [1.54, 1.807) is 0 Å². The minimum atomic E-state index is -5.28. The number of sulfonamides is 1. The van der Waals surface area contributed by atoms with Crippen LogP contribution in [0.25, 0.3) is 0 Å². The van der Waals surface area contributed by atoms with E-state index >= 15 is 0 Å². The summed E-state index contributed by atoms with van der Waals surface area (Å²) in [5, 5.41) is 4.60. The van der Waals surface area contributed by atoms with Gasteiger partial charge in [-0.2, -0.15) is 13.2 Å². The van der Waals surface area contributed by atoms with Crippen LogP contribution in [0, 0.1) is 0 Å². The Morgan fingerprint density at radius 1 is 1.19 bits per heavy atom. The first-order chi connectivity index (χ1) is 9.27. The van der Waals surface area contributed by atoms with Crippen LogP contribution in [0.5, 0.6) is 5.75 Å². The highest BCUT2D eigenvalue weighted by molar-refractivity contribution is 7.89. The molecule has 13 heteroatoms. The number of hydrogen-bond acceptors (Lipinski definition) is 5. The van der Waals surface area contributed by atoms with E-state index < -0.39 is 51.0 Å². The van der Waals surface area contributed by atoms with Crippen molar-refractivity contribution < 1.29 is 39.5 Å². The number of pyridine rings is 1. The number of nitrogens with two attached hydrogens (primary N) is 2. The lowest BCUT2D eigenvalue weighted by atomic mass is 10.2. The van der Waals surface area contributed by atoms with Crippen LogP contribution < -0.4 is 15.6 Å². The summed E-state index contributed by atoms with van der Waals surface area (Å²) >= 11 is 0. The first-order valence-electron chi connectivity index (χ1n) is 4.85. The van der Waals surface area contributed by atoms with Crippen LogP contribution in [0.4, 0.5) is 26.3 Å². The zero-order valence-electron chi connectivity index (χ0n) is 9.79. The number of ether oxygens (including phenoxy) is 1. The van der Waals surface area contributed by atoms with Crippen LogP contribution in [-0.2, 0) is 22.7 Å². The Balaban J connectivity index is 3.71. The molecule has 1 heterocycles. The van der Waals surface area contributed by atoms with Gasteiger partial charge >= 0.3 is 12.5 Å². The molecule has 120 valence electrons. The smallest absolute Gasteiger partial charge is 0.404 e. The van der Waals surface area contributed by atoms with E-state index in [0.717, 1.165) is 0 Å². The molecule has 21 heavy (non-hydrogen) atoms. The predicted octanol–water partition coefficient (Wildman–Crippen LogP) is 1.11. The summed E-state index contributed by atoms with van der Waals surface area (Å²) < 4.78 is 100. The Labute approximate surface area is 113 Å². The van der Waals surface area contributed by atoms with Gasteiger partial charge in [0.05, 0.1) is 6.20 Å². The van der Waals surface area contributed by atoms with Gasteiger partial charge in [-0.15, -0.1) is 13.2 Å². The fraction of sp³-hybridized carbons (Fsp3) is 0.375. The van der Waals surface area contributed by atoms with Crippen molar-refractivity contribution in [3.8, 4) is 5.75 Å². The molecule has 4 N–H and O–H groups in total. The van der Waals surface area contributed by atoms with Gasteiger partial charge in [-0.3, -0.25) is 0 Å². The van der Waals surface area contributed by atoms with Gasteiger partial charge < -0.3 is 10.5 Å². The number of rotatable bonds is 3. The van der Waals surface area contributed by atoms with Crippen molar-refractivity contribution in [3.63, 3.8) is 0 Å². The summed E-state index contributed by atoms with van der Waals surface area (Å²) in [4.78, 5) is 0.991. The normalized spacial score (nSPS) is 13.3. The second-order valence-corrected chi connectivity index (χ2v) is 5.07. The summed E-state index contributed by atoms with van der Waals surface area (Å²) in [5.74, 6) is -1.28. The molecule has 1 rings (SSSR count). The van der Waals surface area contributed by atoms with Crippen molar-refractivity contribution in [1.29, 1.82) is 0 Å². The van der Waals surface area contributed by atoms with Crippen molar-refractivity contribution in [2.24, 2.45) is 10.9 Å². The van der Waals surface area contributed by atoms with E-state index in [4.69, 9.17) is 5.73 Å². The maximum atomic E-state index is 12.7. The van der Waals surface area contributed by atoms with E-state index in [9.17, 15) is 34.8 Å². The fourth-order valence-corrected chi connectivity index (χ4v) is 2.39. The van der Waals surface area contributed by atoms with Gasteiger partial charge in [-0.1, -0.05) is 0 Å². The van der Waals surface area contributed by atoms with Crippen LogP contribution in [0.3, 0.4) is 0 Å². The maximum Gasteiger partial charge on any atom is 0.573 e. The zero-order chi connectivity index (χ0) is 16.6. The first kappa shape index (κ1) is 17.5. The number of nitrogens with zero attached hydrogens (tertiary/aromatic N) is 1. The largest absolute Gasteiger partial charge is 0.573 e. The van der Waals surface area contributed by atoms with Gasteiger partial charge in [0.2, 0.25) is 10.0 Å². The molecule has 6 nitrogen and oxygen atoms in total. The van der Waals surface area contributed by atoms with Crippen LogP contribution in [0.15, 0.2) is 11.1 Å². The van der Waals surface area contributed by atoms with Crippen molar-refractivity contribution in [2.75, 3.05) is 0 Å². The number of primary sulfonamides is 1. The highest BCUT2D eigenvalue weighted by atomic mass is 32.2. The van der Waals surface area contributed by atoms with E-state index in [2.05, 4.69) is 14.9 Å². The van der Waals surface area contributed by atoms with Crippen molar-refractivity contribution >= 4 is 10.0 Å². The van der Waals surface area contributed by atoms with Gasteiger partial charge in [0.1, 0.15) is 4.90 Å². The van der Waals surface area contributed by atoms with E-state index in [-0.39, 0.29) is 6.20 Å². The summed E-state index contributed by atoms with van der Waals surface area (Å²) in [6, 6.07) is 0. The third-order valence-electron chi connectivity index (χ3n) is 2.08.